The number of aromatic nitrogens is 5. The van der Waals surface area contributed by atoms with Gasteiger partial charge in [-0.3, -0.25) is 18.7 Å². The highest BCUT2D eigenvalue weighted by Crippen LogP contribution is 2.28. The molecule has 4 aromatic heterocycles. The van der Waals surface area contributed by atoms with E-state index in [9.17, 15) is 14.4 Å². The molecule has 1 N–H and O–H groups in total. The van der Waals surface area contributed by atoms with Crippen LogP contribution < -0.4 is 16.6 Å². The van der Waals surface area contributed by atoms with Crippen LogP contribution in [0, 0.1) is 6.92 Å². The first-order valence-electron chi connectivity index (χ1n) is 8.72. The Labute approximate surface area is 177 Å². The zero-order valence-corrected chi connectivity index (χ0v) is 17.8. The van der Waals surface area contributed by atoms with E-state index in [1.54, 1.807) is 20.0 Å². The van der Waals surface area contributed by atoms with E-state index >= 15 is 0 Å². The number of thiophene rings is 1. The molecular formula is C18H16N6O4S2. The molecule has 0 bridgehead atoms. The number of amides is 1. The Kier molecular flexibility index (Phi) is 5.26. The van der Waals surface area contributed by atoms with E-state index in [4.69, 9.17) is 4.52 Å². The number of rotatable bonds is 5. The summed E-state index contributed by atoms with van der Waals surface area (Å²) in [4.78, 5) is 47.2. The molecule has 0 saturated carbocycles. The van der Waals surface area contributed by atoms with Crippen molar-refractivity contribution in [3.63, 3.8) is 0 Å². The summed E-state index contributed by atoms with van der Waals surface area (Å²) in [6, 6.07) is 5.30. The smallest absolute Gasteiger partial charge is 0.332 e. The molecule has 0 unspecified atom stereocenters. The molecule has 0 aliphatic rings. The summed E-state index contributed by atoms with van der Waals surface area (Å²) >= 11 is 2.52. The van der Waals surface area contributed by atoms with Gasteiger partial charge < -0.3 is 9.84 Å². The largest absolute Gasteiger partial charge is 0.360 e. The summed E-state index contributed by atoms with van der Waals surface area (Å²) in [5.74, 6) is 0.914. The fourth-order valence-electron chi connectivity index (χ4n) is 2.79. The van der Waals surface area contributed by atoms with Crippen molar-refractivity contribution in [3.8, 4) is 10.7 Å². The number of hydrogen-bond donors (Lipinski definition) is 1. The normalized spacial score (nSPS) is 11.2. The van der Waals surface area contributed by atoms with Crippen molar-refractivity contribution in [2.45, 2.75) is 11.9 Å². The summed E-state index contributed by atoms with van der Waals surface area (Å²) in [5.41, 5.74) is -0.782. The lowest BCUT2D eigenvalue weighted by Gasteiger charge is -2.11. The summed E-state index contributed by atoms with van der Waals surface area (Å²) in [6.45, 7) is 1.72. The van der Waals surface area contributed by atoms with Crippen LogP contribution in [-0.2, 0) is 18.9 Å². The van der Waals surface area contributed by atoms with Gasteiger partial charge in [-0.25, -0.2) is 14.8 Å². The van der Waals surface area contributed by atoms with E-state index in [0.29, 0.717) is 22.4 Å². The Morgan fingerprint density at radius 2 is 2.07 bits per heavy atom. The van der Waals surface area contributed by atoms with Gasteiger partial charge in [0.2, 0.25) is 5.91 Å². The third-order valence-electron chi connectivity index (χ3n) is 4.24. The van der Waals surface area contributed by atoms with Gasteiger partial charge in [-0.1, -0.05) is 23.0 Å². The highest BCUT2D eigenvalue weighted by molar-refractivity contribution is 8.00. The Balaban J connectivity index is 1.76. The van der Waals surface area contributed by atoms with Crippen molar-refractivity contribution in [3.05, 3.63) is 50.2 Å². The molecular weight excluding hydrogens is 428 g/mol. The summed E-state index contributed by atoms with van der Waals surface area (Å²) < 4.78 is 7.23. The predicted octanol–water partition coefficient (Wildman–Crippen LogP) is 1.78. The van der Waals surface area contributed by atoms with Crippen LogP contribution in [0.5, 0.6) is 0 Å². The van der Waals surface area contributed by atoms with Crippen LogP contribution in [0.25, 0.3) is 21.7 Å². The third-order valence-corrected chi connectivity index (χ3v) is 6.08. The Bertz CT molecular complexity index is 1370. The molecule has 4 rings (SSSR count). The van der Waals surface area contributed by atoms with E-state index in [1.807, 2.05) is 17.5 Å². The van der Waals surface area contributed by atoms with Gasteiger partial charge in [0.15, 0.2) is 17.3 Å². The first-order valence-corrected chi connectivity index (χ1v) is 10.6. The lowest BCUT2D eigenvalue weighted by molar-refractivity contribution is -0.113. The molecule has 0 spiro atoms. The number of nitrogens with zero attached hydrogens (tertiary/aromatic N) is 5. The quantitative estimate of drug-likeness (QED) is 0.365. The van der Waals surface area contributed by atoms with Crippen molar-refractivity contribution in [2.24, 2.45) is 14.1 Å². The van der Waals surface area contributed by atoms with Gasteiger partial charge in [-0.2, -0.15) is 0 Å². The molecule has 1 amide bonds. The van der Waals surface area contributed by atoms with E-state index < -0.39 is 11.2 Å². The highest BCUT2D eigenvalue weighted by Gasteiger charge is 2.19. The van der Waals surface area contributed by atoms with Crippen LogP contribution in [-0.4, -0.2) is 35.9 Å². The number of aryl methyl sites for hydroxylation is 2. The Morgan fingerprint density at radius 1 is 1.27 bits per heavy atom. The van der Waals surface area contributed by atoms with E-state index in [1.165, 1.54) is 23.0 Å². The molecule has 0 aliphatic heterocycles. The van der Waals surface area contributed by atoms with E-state index in [-0.39, 0.29) is 22.7 Å². The van der Waals surface area contributed by atoms with Crippen LogP contribution in [0.15, 0.2) is 42.7 Å². The fraction of sp³-hybridized carbons (Fsp3) is 0.222. The lowest BCUT2D eigenvalue weighted by Crippen LogP contribution is -2.37. The molecule has 0 saturated heterocycles. The minimum absolute atomic E-state index is 0.0199. The Hall–Kier alpha value is -3.25. The molecule has 0 fully saturated rings. The fourth-order valence-corrected chi connectivity index (χ4v) is 4.26. The minimum Gasteiger partial charge on any atom is -0.360 e. The summed E-state index contributed by atoms with van der Waals surface area (Å²) in [6.07, 6.45) is 0. The molecule has 30 heavy (non-hydrogen) atoms. The molecule has 0 aromatic carbocycles. The zero-order chi connectivity index (χ0) is 21.4. The number of hydrogen-bond acceptors (Lipinski definition) is 9. The van der Waals surface area contributed by atoms with Gasteiger partial charge >= 0.3 is 5.69 Å². The van der Waals surface area contributed by atoms with Gasteiger partial charge in [0, 0.05) is 20.2 Å². The van der Waals surface area contributed by atoms with E-state index in [2.05, 4.69) is 20.4 Å². The average molecular weight is 444 g/mol. The Morgan fingerprint density at radius 3 is 2.73 bits per heavy atom. The van der Waals surface area contributed by atoms with Crippen LogP contribution in [0.3, 0.4) is 0 Å². The molecule has 10 nitrogen and oxygen atoms in total. The number of carbonyl (C=O) groups is 1. The second-order valence-electron chi connectivity index (χ2n) is 6.39. The maximum Gasteiger partial charge on any atom is 0.332 e. The molecule has 0 radical (unpaired) electrons. The second kappa shape index (κ2) is 7.88. The maximum atomic E-state index is 12.8. The summed E-state index contributed by atoms with van der Waals surface area (Å²) in [5, 5.41) is 8.74. The standard InChI is InChI=1S/C18H16N6O4S2/c1-9-7-11(22-28-9)19-12(25)8-30-16-13-15(23(2)18(27)24(3)17(13)26)20-14(21-16)10-5-4-6-29-10/h4-7H,8H2,1-3H3,(H,19,22,25). The topological polar surface area (TPSA) is 125 Å². The molecule has 4 aromatic rings. The molecule has 0 aliphatic carbocycles. The van der Waals surface area contributed by atoms with Crippen LogP contribution in [0.4, 0.5) is 5.82 Å². The highest BCUT2D eigenvalue weighted by atomic mass is 32.2. The van der Waals surface area contributed by atoms with Gasteiger partial charge in [0.1, 0.15) is 16.2 Å². The first-order chi connectivity index (χ1) is 14.3. The number of fused-ring (bicyclic) bond motifs is 1. The monoisotopic (exact) mass is 444 g/mol. The van der Waals surface area contributed by atoms with E-state index in [0.717, 1.165) is 21.2 Å². The van der Waals surface area contributed by atoms with Crippen LogP contribution in [0.1, 0.15) is 5.76 Å². The molecule has 12 heteroatoms. The second-order valence-corrected chi connectivity index (χ2v) is 8.31. The van der Waals surface area contributed by atoms with Crippen molar-refractivity contribution in [1.82, 2.24) is 24.3 Å². The zero-order valence-electron chi connectivity index (χ0n) is 16.2. The van der Waals surface area contributed by atoms with Crippen molar-refractivity contribution in [1.29, 1.82) is 0 Å². The van der Waals surface area contributed by atoms with Crippen molar-refractivity contribution in [2.75, 3.05) is 11.1 Å². The van der Waals surface area contributed by atoms with Crippen molar-refractivity contribution >= 4 is 45.9 Å². The maximum absolute atomic E-state index is 12.8. The first kappa shape index (κ1) is 20.0. The van der Waals surface area contributed by atoms with Gasteiger partial charge in [0.05, 0.1) is 10.6 Å². The van der Waals surface area contributed by atoms with Gasteiger partial charge in [0.25, 0.3) is 5.56 Å². The molecule has 4 heterocycles. The lowest BCUT2D eigenvalue weighted by atomic mass is 10.3. The average Bonchev–Trinajstić information content (AvgIpc) is 3.40. The third kappa shape index (κ3) is 3.66. The SMILES string of the molecule is Cc1cc(NC(=O)CSc2nc(-c3cccs3)nc3c2c(=O)n(C)c(=O)n3C)no1. The van der Waals surface area contributed by atoms with Crippen LogP contribution in [0.2, 0.25) is 0 Å². The van der Waals surface area contributed by atoms with Gasteiger partial charge in [-0.05, 0) is 18.4 Å². The number of carbonyl (C=O) groups excluding carboxylic acids is 1. The van der Waals surface area contributed by atoms with Crippen molar-refractivity contribution < 1.29 is 9.32 Å². The predicted molar refractivity (Wildman–Crippen MR) is 114 cm³/mol. The summed E-state index contributed by atoms with van der Waals surface area (Å²) in [7, 11) is 2.94. The van der Waals surface area contributed by atoms with Crippen LogP contribution >= 0.6 is 23.1 Å². The number of thioether (sulfide) groups is 1. The number of nitrogens with one attached hydrogen (secondary N) is 1. The number of anilines is 1. The molecule has 154 valence electrons. The van der Waals surface area contributed by atoms with Gasteiger partial charge in [-0.15, -0.1) is 11.3 Å². The minimum atomic E-state index is -0.513. The molecule has 0 atom stereocenters.